The zero-order chi connectivity index (χ0) is 12.4. The predicted molar refractivity (Wildman–Crippen MR) is 73.4 cm³/mol. The third-order valence-corrected chi connectivity index (χ3v) is 3.94. The molecular formula is C14H14N2OS. The van der Waals surface area contributed by atoms with Crippen LogP contribution in [0.15, 0.2) is 29.8 Å². The lowest BCUT2D eigenvalue weighted by atomic mass is 9.98. The number of aryl methyl sites for hydroxylation is 1. The first-order valence-electron chi connectivity index (χ1n) is 6.11. The molecule has 0 fully saturated rings. The summed E-state index contributed by atoms with van der Waals surface area (Å²) >= 11 is 1.53. The van der Waals surface area contributed by atoms with Crippen molar-refractivity contribution in [2.75, 3.05) is 11.9 Å². The molecule has 18 heavy (non-hydrogen) atoms. The Morgan fingerprint density at radius 3 is 3.22 bits per heavy atom. The van der Waals surface area contributed by atoms with E-state index in [1.165, 1.54) is 22.6 Å². The van der Waals surface area contributed by atoms with Crippen LogP contribution in [0.2, 0.25) is 0 Å². The van der Waals surface area contributed by atoms with Crippen molar-refractivity contribution in [3.63, 3.8) is 0 Å². The summed E-state index contributed by atoms with van der Waals surface area (Å²) in [6.45, 7) is 1.03. The molecular weight excluding hydrogens is 244 g/mol. The Morgan fingerprint density at radius 2 is 2.39 bits per heavy atom. The minimum absolute atomic E-state index is 0.151. The molecule has 3 nitrogen and oxygen atoms in total. The van der Waals surface area contributed by atoms with E-state index in [2.05, 4.69) is 10.3 Å². The first-order chi connectivity index (χ1) is 8.83. The van der Waals surface area contributed by atoms with Crippen LogP contribution in [0.5, 0.6) is 0 Å². The minimum Gasteiger partial charge on any atom is -0.385 e. The lowest BCUT2D eigenvalue weighted by molar-refractivity contribution is 0.0993. The van der Waals surface area contributed by atoms with Gasteiger partial charge in [-0.05, 0) is 36.6 Å². The summed E-state index contributed by atoms with van der Waals surface area (Å²) < 4.78 is 0. The number of ketones is 1. The zero-order valence-corrected chi connectivity index (χ0v) is 10.8. The second kappa shape index (κ2) is 4.90. The van der Waals surface area contributed by atoms with Crippen LogP contribution in [-0.4, -0.2) is 17.3 Å². The smallest absolute Gasteiger partial charge is 0.169 e. The van der Waals surface area contributed by atoms with Crippen molar-refractivity contribution in [2.24, 2.45) is 0 Å². The number of carbonyl (C=O) groups is 1. The van der Waals surface area contributed by atoms with Crippen LogP contribution < -0.4 is 5.32 Å². The van der Waals surface area contributed by atoms with Gasteiger partial charge in [0.2, 0.25) is 0 Å². The number of thiazole rings is 1. The summed E-state index contributed by atoms with van der Waals surface area (Å²) in [5, 5.41) is 6.14. The van der Waals surface area contributed by atoms with Crippen LogP contribution in [0.3, 0.4) is 0 Å². The summed E-state index contributed by atoms with van der Waals surface area (Å²) in [6, 6.07) is 5.95. The largest absolute Gasteiger partial charge is 0.385 e. The number of rotatable bonds is 3. The molecule has 1 N–H and O–H groups in total. The van der Waals surface area contributed by atoms with Gasteiger partial charge in [-0.25, -0.2) is 4.98 Å². The Bertz CT molecular complexity index is 563. The quantitative estimate of drug-likeness (QED) is 0.861. The van der Waals surface area contributed by atoms with E-state index in [1.54, 1.807) is 6.20 Å². The molecule has 0 spiro atoms. The molecule has 1 aromatic carbocycles. The first kappa shape index (κ1) is 11.4. The second-order valence-corrected chi connectivity index (χ2v) is 5.41. The number of anilines is 1. The van der Waals surface area contributed by atoms with Gasteiger partial charge in [-0.1, -0.05) is 0 Å². The van der Waals surface area contributed by atoms with Gasteiger partial charge in [0.15, 0.2) is 5.78 Å². The standard InChI is InChI=1S/C14H14N2OS/c17-13(9-14-16-6-7-18-14)11-3-4-12-10(8-11)2-1-5-15-12/h3-4,6-8,15H,1-2,5,9H2. The first-order valence-corrected chi connectivity index (χ1v) is 6.99. The summed E-state index contributed by atoms with van der Waals surface area (Å²) in [4.78, 5) is 16.3. The molecule has 1 aromatic heterocycles. The van der Waals surface area contributed by atoms with Crippen molar-refractivity contribution in [1.82, 2.24) is 4.98 Å². The van der Waals surface area contributed by atoms with E-state index in [4.69, 9.17) is 0 Å². The Kier molecular flexibility index (Phi) is 3.11. The van der Waals surface area contributed by atoms with Gasteiger partial charge in [0.25, 0.3) is 0 Å². The van der Waals surface area contributed by atoms with E-state index >= 15 is 0 Å². The Morgan fingerprint density at radius 1 is 1.44 bits per heavy atom. The summed E-state index contributed by atoms with van der Waals surface area (Å²) in [6.07, 6.45) is 4.34. The minimum atomic E-state index is 0.151. The van der Waals surface area contributed by atoms with Gasteiger partial charge < -0.3 is 5.32 Å². The van der Waals surface area contributed by atoms with E-state index in [9.17, 15) is 4.79 Å². The van der Waals surface area contributed by atoms with Crippen LogP contribution in [0, 0.1) is 0 Å². The maximum absolute atomic E-state index is 12.1. The van der Waals surface area contributed by atoms with Crippen LogP contribution in [0.4, 0.5) is 5.69 Å². The molecule has 0 saturated heterocycles. The average molecular weight is 258 g/mol. The Balaban J connectivity index is 1.81. The molecule has 4 heteroatoms. The topological polar surface area (TPSA) is 42.0 Å². The monoisotopic (exact) mass is 258 g/mol. The molecule has 0 radical (unpaired) electrons. The zero-order valence-electron chi connectivity index (χ0n) is 9.98. The highest BCUT2D eigenvalue weighted by atomic mass is 32.1. The number of benzene rings is 1. The van der Waals surface area contributed by atoms with Crippen molar-refractivity contribution in [2.45, 2.75) is 19.3 Å². The third-order valence-electron chi connectivity index (χ3n) is 3.16. The Hall–Kier alpha value is -1.68. The SMILES string of the molecule is O=C(Cc1nccs1)c1ccc2c(c1)CCCN2. The second-order valence-electron chi connectivity index (χ2n) is 4.43. The highest BCUT2D eigenvalue weighted by Crippen LogP contribution is 2.23. The molecule has 0 aliphatic carbocycles. The van der Waals surface area contributed by atoms with Gasteiger partial charge in [0.05, 0.1) is 6.42 Å². The fourth-order valence-corrected chi connectivity index (χ4v) is 2.84. The maximum Gasteiger partial charge on any atom is 0.169 e. The normalized spacial score (nSPS) is 13.8. The molecule has 0 bridgehead atoms. The third kappa shape index (κ3) is 2.29. The van der Waals surface area contributed by atoms with Crippen molar-refractivity contribution in [1.29, 1.82) is 0 Å². The molecule has 0 saturated carbocycles. The van der Waals surface area contributed by atoms with E-state index in [0.717, 1.165) is 30.0 Å². The van der Waals surface area contributed by atoms with Gasteiger partial charge in [-0.3, -0.25) is 4.79 Å². The van der Waals surface area contributed by atoms with Crippen molar-refractivity contribution in [3.8, 4) is 0 Å². The lowest BCUT2D eigenvalue weighted by Gasteiger charge is -2.18. The van der Waals surface area contributed by atoms with Crippen LogP contribution in [-0.2, 0) is 12.8 Å². The lowest BCUT2D eigenvalue weighted by Crippen LogP contribution is -2.13. The maximum atomic E-state index is 12.1. The number of nitrogens with zero attached hydrogens (tertiary/aromatic N) is 1. The van der Waals surface area contributed by atoms with Gasteiger partial charge in [0.1, 0.15) is 5.01 Å². The summed E-state index contributed by atoms with van der Waals surface area (Å²) in [7, 11) is 0. The number of Topliss-reactive ketones (excluding diaryl/α,β-unsaturated/α-hetero) is 1. The number of fused-ring (bicyclic) bond motifs is 1. The van der Waals surface area contributed by atoms with Gasteiger partial charge in [0, 0.05) is 29.4 Å². The van der Waals surface area contributed by atoms with Gasteiger partial charge in [-0.15, -0.1) is 11.3 Å². The number of hydrogen-bond donors (Lipinski definition) is 1. The molecule has 1 aliphatic heterocycles. The number of hydrogen-bond acceptors (Lipinski definition) is 4. The fraction of sp³-hybridized carbons (Fsp3) is 0.286. The fourth-order valence-electron chi connectivity index (χ4n) is 2.23. The van der Waals surface area contributed by atoms with Crippen LogP contribution >= 0.6 is 11.3 Å². The molecule has 0 unspecified atom stereocenters. The highest BCUT2D eigenvalue weighted by Gasteiger charge is 2.13. The predicted octanol–water partition coefficient (Wildman–Crippen LogP) is 2.93. The van der Waals surface area contributed by atoms with Crippen molar-refractivity contribution < 1.29 is 4.79 Å². The van der Waals surface area contributed by atoms with E-state index < -0.39 is 0 Å². The van der Waals surface area contributed by atoms with Crippen molar-refractivity contribution in [3.05, 3.63) is 45.9 Å². The number of nitrogens with one attached hydrogen (secondary N) is 1. The van der Waals surface area contributed by atoms with Crippen LogP contribution in [0.1, 0.15) is 27.3 Å². The molecule has 1 aliphatic rings. The molecule has 3 rings (SSSR count). The Labute approximate surface area is 110 Å². The summed E-state index contributed by atoms with van der Waals surface area (Å²) in [5.41, 5.74) is 3.23. The van der Waals surface area contributed by atoms with Crippen molar-refractivity contribution >= 4 is 22.8 Å². The highest BCUT2D eigenvalue weighted by molar-refractivity contribution is 7.09. The molecule has 0 atom stereocenters. The van der Waals surface area contributed by atoms with Crippen LogP contribution in [0.25, 0.3) is 0 Å². The molecule has 2 heterocycles. The number of carbonyl (C=O) groups excluding carboxylic acids is 1. The molecule has 2 aromatic rings. The van der Waals surface area contributed by atoms with E-state index in [0.29, 0.717) is 6.42 Å². The van der Waals surface area contributed by atoms with Gasteiger partial charge >= 0.3 is 0 Å². The van der Waals surface area contributed by atoms with Gasteiger partial charge in [-0.2, -0.15) is 0 Å². The molecule has 92 valence electrons. The average Bonchev–Trinajstić information content (AvgIpc) is 2.91. The summed E-state index contributed by atoms with van der Waals surface area (Å²) in [5.74, 6) is 0.151. The molecule has 0 amide bonds. The van der Waals surface area contributed by atoms with E-state index in [1.807, 2.05) is 23.6 Å². The van der Waals surface area contributed by atoms with E-state index in [-0.39, 0.29) is 5.78 Å². The number of aromatic nitrogens is 1.